The Labute approximate surface area is 208 Å². The van der Waals surface area contributed by atoms with E-state index >= 15 is 0 Å². The van der Waals surface area contributed by atoms with Crippen LogP contribution in [-0.4, -0.2) is 55.6 Å². The molecule has 0 saturated carbocycles. The number of rotatable bonds is 6. The Bertz CT molecular complexity index is 1420. The third-order valence-corrected chi connectivity index (χ3v) is 6.29. The number of nitrogens with one attached hydrogen (secondary N) is 2. The van der Waals surface area contributed by atoms with Crippen LogP contribution in [-0.2, 0) is 0 Å². The number of aromatic nitrogens is 5. The first-order valence-corrected chi connectivity index (χ1v) is 11.9. The smallest absolute Gasteiger partial charge is 0.229 e. The van der Waals surface area contributed by atoms with E-state index in [0.29, 0.717) is 22.7 Å². The molecule has 0 atom stereocenters. The van der Waals surface area contributed by atoms with Gasteiger partial charge in [0.1, 0.15) is 22.9 Å². The molecule has 0 amide bonds. The van der Waals surface area contributed by atoms with Gasteiger partial charge in [-0.25, -0.2) is 28.7 Å². The van der Waals surface area contributed by atoms with Crippen molar-refractivity contribution in [1.82, 2.24) is 34.7 Å². The highest BCUT2D eigenvalue weighted by Gasteiger charge is 2.19. The van der Waals surface area contributed by atoms with E-state index in [1.807, 2.05) is 31.4 Å². The van der Waals surface area contributed by atoms with Gasteiger partial charge in [-0.05, 0) is 45.0 Å². The summed E-state index contributed by atoms with van der Waals surface area (Å²) < 4.78 is 31.6. The van der Waals surface area contributed by atoms with Crippen LogP contribution in [0.5, 0.6) is 0 Å². The molecule has 4 heterocycles. The van der Waals surface area contributed by atoms with Crippen molar-refractivity contribution >= 4 is 28.5 Å². The zero-order valence-electron chi connectivity index (χ0n) is 20.5. The molecule has 0 bridgehead atoms. The summed E-state index contributed by atoms with van der Waals surface area (Å²) in [6.45, 7) is 13.6. The molecular weight excluding hydrogens is 462 g/mol. The van der Waals surface area contributed by atoms with Crippen molar-refractivity contribution in [1.29, 1.82) is 0 Å². The molecule has 186 valence electrons. The van der Waals surface area contributed by atoms with Gasteiger partial charge in [0.2, 0.25) is 5.95 Å². The number of hydrogen-bond donors (Lipinski definition) is 2. The fourth-order valence-electron chi connectivity index (χ4n) is 4.56. The van der Waals surface area contributed by atoms with Gasteiger partial charge in [0.05, 0.1) is 11.7 Å². The average Bonchev–Trinajstić information content (AvgIpc) is 3.22. The minimum Gasteiger partial charge on any atom is -0.369 e. The number of hydrogen-bond acceptors (Lipinski definition) is 7. The number of imidazole rings is 1. The second kappa shape index (κ2) is 9.62. The predicted octanol–water partition coefficient (Wildman–Crippen LogP) is 4.68. The van der Waals surface area contributed by atoms with E-state index in [9.17, 15) is 8.78 Å². The number of benzene rings is 1. The van der Waals surface area contributed by atoms with Crippen LogP contribution in [0.3, 0.4) is 0 Å². The molecule has 10 heteroatoms. The van der Waals surface area contributed by atoms with Crippen LogP contribution in [0.2, 0.25) is 0 Å². The van der Waals surface area contributed by atoms with Gasteiger partial charge in [-0.15, -0.1) is 0 Å². The molecule has 8 nitrogen and oxygen atoms in total. The molecule has 1 fully saturated rings. The van der Waals surface area contributed by atoms with Crippen LogP contribution in [0, 0.1) is 18.6 Å². The third kappa shape index (κ3) is 4.51. The highest BCUT2D eigenvalue weighted by atomic mass is 19.1. The van der Waals surface area contributed by atoms with E-state index in [0.717, 1.165) is 43.6 Å². The van der Waals surface area contributed by atoms with Gasteiger partial charge >= 0.3 is 0 Å². The summed E-state index contributed by atoms with van der Waals surface area (Å²) in [5, 5.41) is 6.33. The van der Waals surface area contributed by atoms with E-state index in [1.54, 1.807) is 18.3 Å². The minimum atomic E-state index is -0.651. The molecule has 1 aliphatic heterocycles. The fourth-order valence-corrected chi connectivity index (χ4v) is 4.56. The van der Waals surface area contributed by atoms with E-state index in [-0.39, 0.29) is 23.2 Å². The van der Waals surface area contributed by atoms with Crippen molar-refractivity contribution in [2.24, 2.45) is 0 Å². The van der Waals surface area contributed by atoms with Crippen LogP contribution < -0.4 is 10.6 Å². The van der Waals surface area contributed by atoms with E-state index in [2.05, 4.69) is 42.0 Å². The van der Waals surface area contributed by atoms with Crippen LogP contribution in [0.1, 0.15) is 31.3 Å². The number of aryl methyl sites for hydroxylation is 1. The molecule has 2 N–H and O–H groups in total. The highest BCUT2D eigenvalue weighted by molar-refractivity contribution is 5.83. The standard InChI is InChI=1S/C26H28F2N8/c1-15(2)36-17(4)32-25-20(27)11-19(12-22(25)36)24-21(28)14-31-26(34-24)33-23-6-5-18(13-30-23)16(3)35-9-7-29-8-10-35/h5-6,11-15,29H,3,7-10H2,1-2,4H3,(H,30,31,33,34). The summed E-state index contributed by atoms with van der Waals surface area (Å²) in [6.07, 6.45) is 2.80. The lowest BCUT2D eigenvalue weighted by molar-refractivity contribution is 0.341. The predicted molar refractivity (Wildman–Crippen MR) is 137 cm³/mol. The van der Waals surface area contributed by atoms with Crippen LogP contribution in [0.4, 0.5) is 20.5 Å². The van der Waals surface area contributed by atoms with Crippen molar-refractivity contribution in [3.63, 3.8) is 0 Å². The summed E-state index contributed by atoms with van der Waals surface area (Å²) in [6, 6.07) is 6.74. The maximum Gasteiger partial charge on any atom is 0.229 e. The van der Waals surface area contributed by atoms with Crippen molar-refractivity contribution in [3.8, 4) is 11.3 Å². The van der Waals surface area contributed by atoms with Gasteiger partial charge in [0, 0.05) is 55.2 Å². The summed E-state index contributed by atoms with van der Waals surface area (Å²) in [5.74, 6) is 0.165. The Morgan fingerprint density at radius 3 is 2.53 bits per heavy atom. The SMILES string of the molecule is C=C(c1ccc(Nc2ncc(F)c(-c3cc(F)c4nc(C)n(C(C)C)c4c3)n2)nc1)N1CCNCC1. The average molecular weight is 491 g/mol. The maximum absolute atomic E-state index is 14.9. The van der Waals surface area contributed by atoms with Crippen molar-refractivity contribution in [3.05, 3.63) is 66.3 Å². The molecule has 0 radical (unpaired) electrons. The first kappa shape index (κ1) is 23.8. The zero-order valence-corrected chi connectivity index (χ0v) is 20.5. The van der Waals surface area contributed by atoms with Crippen molar-refractivity contribution in [2.45, 2.75) is 26.8 Å². The van der Waals surface area contributed by atoms with Crippen molar-refractivity contribution < 1.29 is 8.78 Å². The van der Waals surface area contributed by atoms with Gasteiger partial charge in [0.25, 0.3) is 0 Å². The van der Waals surface area contributed by atoms with Gasteiger partial charge in [-0.3, -0.25) is 0 Å². The fraction of sp³-hybridized carbons (Fsp3) is 0.308. The molecule has 0 spiro atoms. The minimum absolute atomic E-state index is 0.00818. The lowest BCUT2D eigenvalue weighted by Crippen LogP contribution is -2.42. The zero-order chi connectivity index (χ0) is 25.4. The number of piperazine rings is 1. The molecule has 0 unspecified atom stereocenters. The molecule has 4 aromatic rings. The lowest BCUT2D eigenvalue weighted by Gasteiger charge is -2.31. The quantitative estimate of drug-likeness (QED) is 0.406. The number of halogens is 2. The molecular formula is C26H28F2N8. The van der Waals surface area contributed by atoms with E-state index in [4.69, 9.17) is 0 Å². The Morgan fingerprint density at radius 1 is 1.06 bits per heavy atom. The van der Waals surface area contributed by atoms with E-state index < -0.39 is 11.6 Å². The Kier molecular flexibility index (Phi) is 6.36. The molecule has 36 heavy (non-hydrogen) atoms. The molecule has 3 aromatic heterocycles. The van der Waals surface area contributed by atoms with Crippen LogP contribution in [0.15, 0.2) is 43.2 Å². The first-order valence-electron chi connectivity index (χ1n) is 11.9. The van der Waals surface area contributed by atoms with Crippen LogP contribution in [0.25, 0.3) is 28.0 Å². The topological polar surface area (TPSA) is 83.8 Å². The summed E-state index contributed by atoms with van der Waals surface area (Å²) in [4.78, 5) is 19.4. The normalized spacial score (nSPS) is 14.0. The maximum atomic E-state index is 14.9. The first-order chi connectivity index (χ1) is 17.3. The number of anilines is 2. The Balaban J connectivity index is 1.42. The summed E-state index contributed by atoms with van der Waals surface area (Å²) in [5.41, 5.74) is 2.98. The van der Waals surface area contributed by atoms with Gasteiger partial charge in [-0.1, -0.05) is 6.58 Å². The molecule has 1 aliphatic rings. The second-order valence-electron chi connectivity index (χ2n) is 9.08. The van der Waals surface area contributed by atoms with Gasteiger partial charge in [0.15, 0.2) is 11.6 Å². The number of fused-ring (bicyclic) bond motifs is 1. The monoisotopic (exact) mass is 490 g/mol. The molecule has 5 rings (SSSR count). The molecule has 1 saturated heterocycles. The Morgan fingerprint density at radius 2 is 1.83 bits per heavy atom. The summed E-state index contributed by atoms with van der Waals surface area (Å²) >= 11 is 0. The molecule has 0 aliphatic carbocycles. The van der Waals surface area contributed by atoms with Crippen molar-refractivity contribution in [2.75, 3.05) is 31.5 Å². The second-order valence-corrected chi connectivity index (χ2v) is 9.08. The van der Waals surface area contributed by atoms with Gasteiger partial charge in [-0.2, -0.15) is 0 Å². The van der Waals surface area contributed by atoms with Gasteiger partial charge < -0.3 is 20.1 Å². The highest BCUT2D eigenvalue weighted by Crippen LogP contribution is 2.30. The largest absolute Gasteiger partial charge is 0.369 e. The summed E-state index contributed by atoms with van der Waals surface area (Å²) in [7, 11) is 0. The van der Waals surface area contributed by atoms with Crippen LogP contribution >= 0.6 is 0 Å². The van der Waals surface area contributed by atoms with E-state index in [1.165, 1.54) is 6.07 Å². The molecule has 1 aromatic carbocycles. The number of pyridine rings is 1. The third-order valence-electron chi connectivity index (χ3n) is 6.29. The lowest BCUT2D eigenvalue weighted by atomic mass is 10.1. The Hall–Kier alpha value is -3.92. The number of nitrogens with zero attached hydrogens (tertiary/aromatic N) is 6.